The van der Waals surface area contributed by atoms with Crippen LogP contribution in [-0.4, -0.2) is 23.7 Å². The number of aryl methyl sites for hydroxylation is 2. The van der Waals surface area contributed by atoms with Crippen molar-refractivity contribution in [3.63, 3.8) is 0 Å². The number of nitriles is 1. The number of ether oxygens (including phenoxy) is 3. The Morgan fingerprint density at radius 2 is 1.92 bits per heavy atom. The molecule has 6 heteroatoms. The fraction of sp³-hybridized carbons (Fsp3) is 0.424. The van der Waals surface area contributed by atoms with E-state index in [9.17, 15) is 10.1 Å². The minimum Gasteiger partial charge on any atom is -0.490 e. The summed E-state index contributed by atoms with van der Waals surface area (Å²) in [7, 11) is 0. The molecule has 2 aromatic carbocycles. The molecule has 6 nitrogen and oxygen atoms in total. The zero-order chi connectivity index (χ0) is 27.3. The minimum atomic E-state index is -0.250. The van der Waals surface area contributed by atoms with Gasteiger partial charge in [-0.05, 0) is 97.2 Å². The van der Waals surface area contributed by atoms with E-state index in [1.165, 1.54) is 16.7 Å². The van der Waals surface area contributed by atoms with Crippen LogP contribution < -0.4 is 9.47 Å². The number of hydrogen-bond acceptors (Lipinski definition) is 6. The van der Waals surface area contributed by atoms with Crippen LogP contribution in [0.3, 0.4) is 0 Å². The normalized spacial score (nSPS) is 26.0. The van der Waals surface area contributed by atoms with Crippen LogP contribution in [-0.2, 0) is 22.6 Å². The summed E-state index contributed by atoms with van der Waals surface area (Å²) < 4.78 is 17.5. The van der Waals surface area contributed by atoms with Crippen molar-refractivity contribution in [3.8, 4) is 28.8 Å². The molecule has 200 valence electrons. The van der Waals surface area contributed by atoms with Crippen molar-refractivity contribution < 1.29 is 19.0 Å². The molecule has 0 amide bonds. The van der Waals surface area contributed by atoms with Crippen molar-refractivity contribution in [1.82, 2.24) is 4.98 Å². The molecule has 0 aliphatic heterocycles. The van der Waals surface area contributed by atoms with E-state index in [1.54, 1.807) is 0 Å². The fourth-order valence-corrected chi connectivity index (χ4v) is 6.64. The van der Waals surface area contributed by atoms with Gasteiger partial charge in [0.1, 0.15) is 18.5 Å². The maximum atomic E-state index is 12.1. The lowest BCUT2D eigenvalue weighted by molar-refractivity contribution is -0.145. The average molecular weight is 523 g/mol. The van der Waals surface area contributed by atoms with E-state index < -0.39 is 0 Å². The molecule has 0 spiro atoms. The second-order valence-electron chi connectivity index (χ2n) is 11.6. The van der Waals surface area contributed by atoms with E-state index in [-0.39, 0.29) is 29.3 Å². The van der Waals surface area contributed by atoms with Crippen LogP contribution in [0.4, 0.5) is 0 Å². The van der Waals surface area contributed by atoms with Crippen LogP contribution in [0.1, 0.15) is 60.4 Å². The molecule has 1 aromatic heterocycles. The van der Waals surface area contributed by atoms with Crippen molar-refractivity contribution in [3.05, 3.63) is 76.5 Å². The molecule has 0 saturated heterocycles. The molecule has 0 radical (unpaired) electrons. The largest absolute Gasteiger partial charge is 0.490 e. The van der Waals surface area contributed by atoms with Crippen LogP contribution in [0.5, 0.6) is 11.6 Å². The van der Waals surface area contributed by atoms with Gasteiger partial charge in [-0.2, -0.15) is 5.26 Å². The van der Waals surface area contributed by atoms with Gasteiger partial charge in [0.15, 0.2) is 0 Å². The molecule has 3 aliphatic rings. The summed E-state index contributed by atoms with van der Waals surface area (Å²) in [6, 6.07) is 17.0. The number of pyridine rings is 1. The standard InChI is InChI=1S/C33H34N2O4/c1-5-37-32(36)31-26-12-23-13-28(35-16-27(23)30(26)31)38-17-21-7-6-8-22(11-21)29-19(2)9-24(10-20(29)3)39-25-14-33(4,15-25)18-34/h6-11,13,16,25-26,30-31H,5,12,14-15,17H2,1-4H3/t25-,26-,30-,31+,33+/m1/s1. The molecule has 0 N–H and O–H groups in total. The van der Waals surface area contributed by atoms with Crippen LogP contribution in [0.2, 0.25) is 0 Å². The lowest BCUT2D eigenvalue weighted by Gasteiger charge is -2.39. The monoisotopic (exact) mass is 522 g/mol. The zero-order valence-electron chi connectivity index (χ0n) is 23.0. The number of carbonyl (C=O) groups is 1. The second kappa shape index (κ2) is 9.72. The molecule has 0 unspecified atom stereocenters. The van der Waals surface area contributed by atoms with E-state index in [0.717, 1.165) is 47.3 Å². The molecule has 0 bridgehead atoms. The Labute approximate surface area is 229 Å². The van der Waals surface area contributed by atoms with Crippen molar-refractivity contribution >= 4 is 5.97 Å². The summed E-state index contributed by atoms with van der Waals surface area (Å²) in [6.07, 6.45) is 4.43. The Hall–Kier alpha value is -3.85. The van der Waals surface area contributed by atoms with Gasteiger partial charge in [-0.1, -0.05) is 18.2 Å². The first kappa shape index (κ1) is 25.4. The molecule has 3 aromatic rings. The van der Waals surface area contributed by atoms with Crippen LogP contribution >= 0.6 is 0 Å². The lowest BCUT2D eigenvalue weighted by Crippen LogP contribution is -2.41. The Bertz CT molecular complexity index is 1460. The van der Waals surface area contributed by atoms with Gasteiger partial charge in [0, 0.05) is 31.0 Å². The summed E-state index contributed by atoms with van der Waals surface area (Å²) in [6.45, 7) is 8.93. The predicted octanol–water partition coefficient (Wildman–Crippen LogP) is 6.46. The molecule has 6 rings (SSSR count). The molecular formula is C33H34N2O4. The number of benzene rings is 2. The van der Waals surface area contributed by atoms with Crippen molar-refractivity contribution in [2.75, 3.05) is 6.61 Å². The number of hydrogen-bond donors (Lipinski definition) is 0. The average Bonchev–Trinajstić information content (AvgIpc) is 3.48. The molecular weight excluding hydrogens is 488 g/mol. The molecule has 39 heavy (non-hydrogen) atoms. The highest BCUT2D eigenvalue weighted by Gasteiger charge is 2.60. The van der Waals surface area contributed by atoms with Gasteiger partial charge in [0.05, 0.1) is 24.0 Å². The summed E-state index contributed by atoms with van der Waals surface area (Å²) in [5.74, 6) is 2.01. The maximum absolute atomic E-state index is 12.1. The number of aromatic nitrogens is 1. The third kappa shape index (κ3) is 4.76. The lowest BCUT2D eigenvalue weighted by atomic mass is 9.69. The number of rotatable bonds is 8. The van der Waals surface area contributed by atoms with E-state index >= 15 is 0 Å². The third-order valence-corrected chi connectivity index (χ3v) is 8.58. The Balaban J connectivity index is 1.11. The summed E-state index contributed by atoms with van der Waals surface area (Å²) in [4.78, 5) is 16.7. The first-order valence-corrected chi connectivity index (χ1v) is 13.9. The summed E-state index contributed by atoms with van der Waals surface area (Å²) in [5.41, 5.74) is 7.88. The summed E-state index contributed by atoms with van der Waals surface area (Å²) in [5, 5.41) is 9.26. The first-order chi connectivity index (χ1) is 18.8. The van der Waals surface area contributed by atoms with Crippen LogP contribution in [0.25, 0.3) is 11.1 Å². The highest BCUT2D eigenvalue weighted by Crippen LogP contribution is 2.61. The smallest absolute Gasteiger partial charge is 0.309 e. The van der Waals surface area contributed by atoms with Gasteiger partial charge < -0.3 is 14.2 Å². The van der Waals surface area contributed by atoms with Gasteiger partial charge in [-0.3, -0.25) is 4.79 Å². The van der Waals surface area contributed by atoms with Gasteiger partial charge in [-0.15, -0.1) is 0 Å². The fourth-order valence-electron chi connectivity index (χ4n) is 6.64. The molecule has 2 fully saturated rings. The predicted molar refractivity (Wildman–Crippen MR) is 147 cm³/mol. The van der Waals surface area contributed by atoms with Crippen LogP contribution in [0.15, 0.2) is 48.7 Å². The topological polar surface area (TPSA) is 81.4 Å². The number of fused-ring (bicyclic) bond motifs is 3. The van der Waals surface area contributed by atoms with Crippen molar-refractivity contribution in [1.29, 1.82) is 5.26 Å². The van der Waals surface area contributed by atoms with Gasteiger partial charge in [0.25, 0.3) is 0 Å². The van der Waals surface area contributed by atoms with E-state index in [2.05, 4.69) is 61.3 Å². The number of carbonyl (C=O) groups excluding carboxylic acids is 1. The Morgan fingerprint density at radius 3 is 2.64 bits per heavy atom. The Morgan fingerprint density at radius 1 is 1.15 bits per heavy atom. The van der Waals surface area contributed by atoms with Gasteiger partial charge >= 0.3 is 5.97 Å². The second-order valence-corrected chi connectivity index (χ2v) is 11.6. The highest BCUT2D eigenvalue weighted by molar-refractivity contribution is 5.79. The quantitative estimate of drug-likeness (QED) is 0.316. The first-order valence-electron chi connectivity index (χ1n) is 13.9. The van der Waals surface area contributed by atoms with Gasteiger partial charge in [0.2, 0.25) is 5.88 Å². The third-order valence-electron chi connectivity index (χ3n) is 8.58. The maximum Gasteiger partial charge on any atom is 0.309 e. The number of esters is 1. The highest BCUT2D eigenvalue weighted by atomic mass is 16.5. The van der Waals surface area contributed by atoms with Crippen molar-refractivity contribution in [2.24, 2.45) is 17.3 Å². The van der Waals surface area contributed by atoms with Crippen LogP contribution in [0, 0.1) is 42.4 Å². The zero-order valence-corrected chi connectivity index (χ0v) is 23.0. The Kier molecular flexibility index (Phi) is 6.33. The number of nitrogens with zero attached hydrogens (tertiary/aromatic N) is 2. The molecule has 3 atom stereocenters. The molecule has 1 heterocycles. The van der Waals surface area contributed by atoms with E-state index in [4.69, 9.17) is 14.2 Å². The van der Waals surface area contributed by atoms with Crippen molar-refractivity contribution in [2.45, 2.75) is 65.6 Å². The van der Waals surface area contributed by atoms with E-state index in [0.29, 0.717) is 25.0 Å². The van der Waals surface area contributed by atoms with E-state index in [1.807, 2.05) is 26.1 Å². The summed E-state index contributed by atoms with van der Waals surface area (Å²) >= 11 is 0. The molecule has 2 saturated carbocycles. The minimum absolute atomic E-state index is 0.00104. The van der Waals surface area contributed by atoms with Gasteiger partial charge in [-0.25, -0.2) is 4.98 Å². The molecule has 3 aliphatic carbocycles. The SMILES string of the molecule is CCOC(=O)[C@H]1[C@@H]2Cc3cc(OCc4cccc(-c5c(C)cc(O[C@H]6C[C@@](C)(C#N)C6)cc5C)c4)ncc3[C@@H]21.